The summed E-state index contributed by atoms with van der Waals surface area (Å²) in [5.41, 5.74) is 2.80. The van der Waals surface area contributed by atoms with Gasteiger partial charge in [-0.1, -0.05) is 19.9 Å². The van der Waals surface area contributed by atoms with Crippen molar-refractivity contribution in [3.05, 3.63) is 41.7 Å². The van der Waals surface area contributed by atoms with Crippen molar-refractivity contribution in [2.45, 2.75) is 26.3 Å². The van der Waals surface area contributed by atoms with E-state index in [1.807, 2.05) is 12.4 Å². The molecule has 3 nitrogen and oxygen atoms in total. The summed E-state index contributed by atoms with van der Waals surface area (Å²) < 4.78 is 5.42. The third-order valence-corrected chi connectivity index (χ3v) is 3.98. The van der Waals surface area contributed by atoms with Gasteiger partial charge in [0.25, 0.3) is 0 Å². The molecule has 1 saturated heterocycles. The van der Waals surface area contributed by atoms with Crippen LogP contribution in [-0.2, 0) is 11.3 Å². The lowest BCUT2D eigenvalue weighted by molar-refractivity contribution is 0.0342. The quantitative estimate of drug-likeness (QED) is 0.856. The molecule has 1 aromatic heterocycles. The Morgan fingerprint density at radius 2 is 2.05 bits per heavy atom. The van der Waals surface area contributed by atoms with E-state index < -0.39 is 0 Å². The van der Waals surface area contributed by atoms with Gasteiger partial charge in [0.05, 0.1) is 13.2 Å². The maximum Gasteiger partial charge on any atom is 0.0594 e. The second kappa shape index (κ2) is 5.90. The molecule has 3 rings (SSSR count). The maximum absolute atomic E-state index is 5.42. The number of pyridine rings is 1. The number of fused-ring (bicyclic) bond motifs is 1. The second-order valence-corrected chi connectivity index (χ2v) is 5.83. The predicted octanol–water partition coefficient (Wildman–Crippen LogP) is 3.19. The standard InChI is InChI=1S/C17H22N2O/c1-13(2)16-10-14(12-19-5-7-20-8-6-19)9-15-3-4-18-11-17(15)16/h3-4,9-11,13H,5-8,12H2,1-2H3. The molecule has 0 spiro atoms. The molecule has 1 fully saturated rings. The molecule has 0 radical (unpaired) electrons. The first-order valence-corrected chi connectivity index (χ1v) is 7.40. The summed E-state index contributed by atoms with van der Waals surface area (Å²) in [4.78, 5) is 6.74. The van der Waals surface area contributed by atoms with Crippen LogP contribution in [0.2, 0.25) is 0 Å². The van der Waals surface area contributed by atoms with Crippen molar-refractivity contribution < 1.29 is 4.74 Å². The Morgan fingerprint density at radius 1 is 1.25 bits per heavy atom. The Hall–Kier alpha value is -1.45. The topological polar surface area (TPSA) is 25.4 Å². The van der Waals surface area contributed by atoms with E-state index in [2.05, 4.69) is 41.9 Å². The maximum atomic E-state index is 5.42. The van der Waals surface area contributed by atoms with Crippen LogP contribution in [0.5, 0.6) is 0 Å². The van der Waals surface area contributed by atoms with E-state index >= 15 is 0 Å². The Labute approximate surface area is 120 Å². The lowest BCUT2D eigenvalue weighted by Crippen LogP contribution is -2.35. The number of morpholine rings is 1. The van der Waals surface area contributed by atoms with Gasteiger partial charge in [0, 0.05) is 37.4 Å². The van der Waals surface area contributed by atoms with Gasteiger partial charge in [-0.05, 0) is 34.6 Å². The third-order valence-electron chi connectivity index (χ3n) is 3.98. The fourth-order valence-electron chi connectivity index (χ4n) is 2.88. The second-order valence-electron chi connectivity index (χ2n) is 5.83. The van der Waals surface area contributed by atoms with E-state index in [4.69, 9.17) is 4.74 Å². The highest BCUT2D eigenvalue weighted by Gasteiger charge is 2.13. The van der Waals surface area contributed by atoms with Crippen LogP contribution in [0.1, 0.15) is 30.9 Å². The van der Waals surface area contributed by atoms with Crippen molar-refractivity contribution in [3.8, 4) is 0 Å². The number of ether oxygens (including phenoxy) is 1. The van der Waals surface area contributed by atoms with Gasteiger partial charge < -0.3 is 4.74 Å². The summed E-state index contributed by atoms with van der Waals surface area (Å²) in [6.45, 7) is 9.29. The minimum absolute atomic E-state index is 0.520. The number of aromatic nitrogens is 1. The molecule has 0 saturated carbocycles. The average molecular weight is 270 g/mol. The van der Waals surface area contributed by atoms with E-state index in [1.165, 1.54) is 21.9 Å². The molecule has 0 aliphatic carbocycles. The predicted molar refractivity (Wildman–Crippen MR) is 81.9 cm³/mol. The molecule has 1 aromatic carbocycles. The zero-order chi connectivity index (χ0) is 13.9. The van der Waals surface area contributed by atoms with Crippen molar-refractivity contribution in [1.82, 2.24) is 9.88 Å². The fraction of sp³-hybridized carbons (Fsp3) is 0.471. The van der Waals surface area contributed by atoms with Gasteiger partial charge in [-0.15, -0.1) is 0 Å². The summed E-state index contributed by atoms with van der Waals surface area (Å²) in [7, 11) is 0. The van der Waals surface area contributed by atoms with E-state index in [-0.39, 0.29) is 0 Å². The first-order chi connectivity index (χ1) is 9.74. The Bertz CT molecular complexity index is 589. The number of rotatable bonds is 3. The van der Waals surface area contributed by atoms with E-state index in [0.29, 0.717) is 5.92 Å². The van der Waals surface area contributed by atoms with Crippen LogP contribution in [0.25, 0.3) is 10.8 Å². The largest absolute Gasteiger partial charge is 0.379 e. The molecule has 106 valence electrons. The van der Waals surface area contributed by atoms with Gasteiger partial charge in [0.15, 0.2) is 0 Å². The highest BCUT2D eigenvalue weighted by molar-refractivity contribution is 5.86. The van der Waals surface area contributed by atoms with Crippen molar-refractivity contribution in [2.24, 2.45) is 0 Å². The van der Waals surface area contributed by atoms with Crippen LogP contribution in [0, 0.1) is 0 Å². The minimum atomic E-state index is 0.520. The monoisotopic (exact) mass is 270 g/mol. The minimum Gasteiger partial charge on any atom is -0.379 e. The van der Waals surface area contributed by atoms with Crippen LogP contribution in [0.15, 0.2) is 30.6 Å². The molecule has 0 amide bonds. The Kier molecular flexibility index (Phi) is 3.99. The van der Waals surface area contributed by atoms with Crippen LogP contribution < -0.4 is 0 Å². The zero-order valence-corrected chi connectivity index (χ0v) is 12.3. The summed E-state index contributed by atoms with van der Waals surface area (Å²) in [6.07, 6.45) is 3.87. The molecular weight excluding hydrogens is 248 g/mol. The van der Waals surface area contributed by atoms with Gasteiger partial charge in [-0.25, -0.2) is 0 Å². The zero-order valence-electron chi connectivity index (χ0n) is 12.3. The molecule has 2 heterocycles. The Balaban J connectivity index is 1.94. The summed E-state index contributed by atoms with van der Waals surface area (Å²) in [6, 6.07) is 6.77. The lowest BCUT2D eigenvalue weighted by atomic mass is 9.94. The normalized spacial score (nSPS) is 16.9. The van der Waals surface area contributed by atoms with Gasteiger partial charge in [0.1, 0.15) is 0 Å². The van der Waals surface area contributed by atoms with E-state index in [0.717, 1.165) is 32.8 Å². The fourth-order valence-corrected chi connectivity index (χ4v) is 2.88. The molecule has 0 unspecified atom stereocenters. The highest BCUT2D eigenvalue weighted by Crippen LogP contribution is 2.27. The number of hydrogen-bond acceptors (Lipinski definition) is 3. The lowest BCUT2D eigenvalue weighted by Gasteiger charge is -2.27. The van der Waals surface area contributed by atoms with Crippen LogP contribution in [-0.4, -0.2) is 36.2 Å². The molecule has 0 atom stereocenters. The molecule has 1 aliphatic rings. The number of nitrogens with zero attached hydrogens (tertiary/aromatic N) is 2. The summed E-state index contributed by atoms with van der Waals surface area (Å²) in [5.74, 6) is 0.520. The molecule has 2 aromatic rings. The van der Waals surface area contributed by atoms with Gasteiger partial charge in [-0.2, -0.15) is 0 Å². The van der Waals surface area contributed by atoms with Crippen LogP contribution in [0.4, 0.5) is 0 Å². The van der Waals surface area contributed by atoms with Crippen molar-refractivity contribution in [3.63, 3.8) is 0 Å². The molecule has 0 N–H and O–H groups in total. The molecular formula is C17H22N2O. The molecule has 1 aliphatic heterocycles. The van der Waals surface area contributed by atoms with Gasteiger partial charge >= 0.3 is 0 Å². The molecule has 3 heteroatoms. The van der Waals surface area contributed by atoms with Gasteiger partial charge in [0.2, 0.25) is 0 Å². The van der Waals surface area contributed by atoms with Crippen LogP contribution >= 0.6 is 0 Å². The van der Waals surface area contributed by atoms with Crippen molar-refractivity contribution >= 4 is 10.8 Å². The van der Waals surface area contributed by atoms with E-state index in [9.17, 15) is 0 Å². The van der Waals surface area contributed by atoms with Crippen LogP contribution in [0.3, 0.4) is 0 Å². The number of benzene rings is 1. The summed E-state index contributed by atoms with van der Waals surface area (Å²) >= 11 is 0. The average Bonchev–Trinajstić information content (AvgIpc) is 2.47. The molecule has 20 heavy (non-hydrogen) atoms. The van der Waals surface area contributed by atoms with E-state index in [1.54, 1.807) is 0 Å². The SMILES string of the molecule is CC(C)c1cc(CN2CCOCC2)cc2ccncc12. The van der Waals surface area contributed by atoms with Crippen molar-refractivity contribution in [1.29, 1.82) is 0 Å². The summed E-state index contributed by atoms with van der Waals surface area (Å²) in [5, 5.41) is 2.59. The first-order valence-electron chi connectivity index (χ1n) is 7.40. The number of hydrogen-bond donors (Lipinski definition) is 0. The smallest absolute Gasteiger partial charge is 0.0594 e. The van der Waals surface area contributed by atoms with Gasteiger partial charge in [-0.3, -0.25) is 9.88 Å². The Morgan fingerprint density at radius 3 is 2.80 bits per heavy atom. The highest BCUT2D eigenvalue weighted by atomic mass is 16.5. The first kappa shape index (κ1) is 13.5. The van der Waals surface area contributed by atoms with Crippen molar-refractivity contribution in [2.75, 3.05) is 26.3 Å². The molecule has 0 bridgehead atoms. The third kappa shape index (κ3) is 2.84.